The number of aliphatic hydroxyl groups is 1. The molecular formula is C10H16ClNO. The molecule has 0 amide bonds. The van der Waals surface area contributed by atoms with Crippen LogP contribution in [0.3, 0.4) is 0 Å². The lowest BCUT2D eigenvalue weighted by Crippen LogP contribution is -2.23. The predicted octanol–water partition coefficient (Wildman–Crippen LogP) is 1.58. The zero-order valence-electron chi connectivity index (χ0n) is 7.73. The minimum Gasteiger partial charge on any atom is -0.392 e. The van der Waals surface area contributed by atoms with E-state index in [4.69, 9.17) is 5.11 Å². The molecule has 1 aromatic rings. The van der Waals surface area contributed by atoms with Crippen LogP contribution in [0.2, 0.25) is 0 Å². The van der Waals surface area contributed by atoms with Crippen LogP contribution < -0.4 is 5.32 Å². The first kappa shape index (κ1) is 12.4. The van der Waals surface area contributed by atoms with Gasteiger partial charge in [0.1, 0.15) is 0 Å². The molecule has 1 aromatic carbocycles. The van der Waals surface area contributed by atoms with Crippen LogP contribution in [0, 0.1) is 0 Å². The summed E-state index contributed by atoms with van der Waals surface area (Å²) in [5.74, 6) is 0. The number of benzene rings is 1. The lowest BCUT2D eigenvalue weighted by atomic mass is 10.2. The molecule has 2 N–H and O–H groups in total. The Balaban J connectivity index is 0.00000144. The maximum absolute atomic E-state index is 8.97. The van der Waals surface area contributed by atoms with E-state index in [-0.39, 0.29) is 18.5 Å². The van der Waals surface area contributed by atoms with Crippen LogP contribution in [0.1, 0.15) is 12.5 Å². The van der Waals surface area contributed by atoms with Crippen molar-refractivity contribution in [1.29, 1.82) is 0 Å². The molecule has 0 aliphatic heterocycles. The molecule has 0 radical (unpaired) electrons. The van der Waals surface area contributed by atoms with Gasteiger partial charge in [0.05, 0.1) is 6.10 Å². The zero-order chi connectivity index (χ0) is 8.81. The Morgan fingerprint density at radius 1 is 1.31 bits per heavy atom. The lowest BCUT2D eigenvalue weighted by molar-refractivity contribution is 0.191. The Kier molecular flexibility index (Phi) is 6.59. The Hall–Kier alpha value is -0.570. The molecule has 1 rings (SSSR count). The highest BCUT2D eigenvalue weighted by molar-refractivity contribution is 5.85. The fraction of sp³-hybridized carbons (Fsp3) is 0.400. The van der Waals surface area contributed by atoms with E-state index in [9.17, 15) is 0 Å². The molecule has 2 nitrogen and oxygen atoms in total. The van der Waals surface area contributed by atoms with Gasteiger partial charge in [-0.1, -0.05) is 30.3 Å². The Labute approximate surface area is 85.4 Å². The minimum absolute atomic E-state index is 0. The minimum atomic E-state index is -0.270. The third-order valence-corrected chi connectivity index (χ3v) is 1.61. The summed E-state index contributed by atoms with van der Waals surface area (Å²) in [6.45, 7) is 3.25. The van der Waals surface area contributed by atoms with Gasteiger partial charge in [-0.05, 0) is 12.5 Å². The van der Waals surface area contributed by atoms with Gasteiger partial charge in [0.25, 0.3) is 0 Å². The zero-order valence-corrected chi connectivity index (χ0v) is 8.55. The van der Waals surface area contributed by atoms with Crippen molar-refractivity contribution in [3.8, 4) is 0 Å². The van der Waals surface area contributed by atoms with Crippen molar-refractivity contribution in [2.45, 2.75) is 19.6 Å². The van der Waals surface area contributed by atoms with E-state index in [1.54, 1.807) is 6.92 Å². The van der Waals surface area contributed by atoms with Gasteiger partial charge in [0.2, 0.25) is 0 Å². The number of halogens is 1. The second kappa shape index (κ2) is 6.89. The van der Waals surface area contributed by atoms with Crippen LogP contribution in [0.5, 0.6) is 0 Å². The fourth-order valence-corrected chi connectivity index (χ4v) is 1.02. The van der Waals surface area contributed by atoms with Crippen LogP contribution in [-0.2, 0) is 6.54 Å². The summed E-state index contributed by atoms with van der Waals surface area (Å²) in [6.07, 6.45) is -0.270. The van der Waals surface area contributed by atoms with Gasteiger partial charge in [-0.25, -0.2) is 0 Å². The molecule has 0 spiro atoms. The first-order chi connectivity index (χ1) is 5.79. The van der Waals surface area contributed by atoms with Crippen LogP contribution in [-0.4, -0.2) is 17.8 Å². The van der Waals surface area contributed by atoms with Gasteiger partial charge in [-0.15, -0.1) is 12.4 Å². The summed E-state index contributed by atoms with van der Waals surface area (Å²) < 4.78 is 0. The van der Waals surface area contributed by atoms with E-state index in [0.717, 1.165) is 6.54 Å². The number of hydrogen-bond donors (Lipinski definition) is 2. The maximum atomic E-state index is 8.97. The predicted molar refractivity (Wildman–Crippen MR) is 57.1 cm³/mol. The van der Waals surface area contributed by atoms with Crippen molar-refractivity contribution in [2.24, 2.45) is 0 Å². The van der Waals surface area contributed by atoms with Crippen molar-refractivity contribution in [3.63, 3.8) is 0 Å². The van der Waals surface area contributed by atoms with E-state index in [1.807, 2.05) is 18.2 Å². The Morgan fingerprint density at radius 2 is 1.92 bits per heavy atom. The Bertz CT molecular complexity index is 213. The second-order valence-corrected chi connectivity index (χ2v) is 2.97. The van der Waals surface area contributed by atoms with Crippen molar-refractivity contribution in [1.82, 2.24) is 5.32 Å². The molecule has 0 saturated carbocycles. The standard InChI is InChI=1S/C10H15NO.ClH/c1-9(12)7-11-8-10-5-3-2-4-6-10;/h2-6,9,11-12H,7-8H2,1H3;1H. The molecule has 74 valence electrons. The summed E-state index contributed by atoms with van der Waals surface area (Å²) in [7, 11) is 0. The highest BCUT2D eigenvalue weighted by Crippen LogP contribution is 1.96. The van der Waals surface area contributed by atoms with Crippen molar-refractivity contribution < 1.29 is 5.11 Å². The van der Waals surface area contributed by atoms with Crippen LogP contribution in [0.4, 0.5) is 0 Å². The van der Waals surface area contributed by atoms with Gasteiger partial charge in [-0.3, -0.25) is 0 Å². The van der Waals surface area contributed by atoms with E-state index >= 15 is 0 Å². The smallest absolute Gasteiger partial charge is 0.0636 e. The molecule has 1 atom stereocenters. The number of nitrogens with one attached hydrogen (secondary N) is 1. The fourth-order valence-electron chi connectivity index (χ4n) is 1.02. The van der Waals surface area contributed by atoms with Gasteiger partial charge in [0, 0.05) is 13.1 Å². The highest BCUT2D eigenvalue weighted by Gasteiger charge is 1.94. The quantitative estimate of drug-likeness (QED) is 0.776. The van der Waals surface area contributed by atoms with Crippen molar-refractivity contribution in [2.75, 3.05) is 6.54 Å². The first-order valence-electron chi connectivity index (χ1n) is 4.22. The average Bonchev–Trinajstić information content (AvgIpc) is 2.05. The third-order valence-electron chi connectivity index (χ3n) is 1.61. The molecule has 0 aliphatic rings. The molecule has 0 aromatic heterocycles. The van der Waals surface area contributed by atoms with Crippen molar-refractivity contribution >= 4 is 12.4 Å². The van der Waals surface area contributed by atoms with Crippen LogP contribution >= 0.6 is 12.4 Å². The van der Waals surface area contributed by atoms with Gasteiger partial charge >= 0.3 is 0 Å². The molecule has 0 heterocycles. The SMILES string of the molecule is CC(O)CNCc1ccccc1.Cl. The monoisotopic (exact) mass is 201 g/mol. The summed E-state index contributed by atoms with van der Waals surface area (Å²) in [5, 5.41) is 12.1. The lowest BCUT2D eigenvalue weighted by Gasteiger charge is -2.06. The summed E-state index contributed by atoms with van der Waals surface area (Å²) in [5.41, 5.74) is 1.25. The molecule has 0 saturated heterocycles. The van der Waals surface area contributed by atoms with Gasteiger partial charge in [0.15, 0.2) is 0 Å². The summed E-state index contributed by atoms with van der Waals surface area (Å²) in [6, 6.07) is 10.2. The number of rotatable bonds is 4. The molecule has 13 heavy (non-hydrogen) atoms. The van der Waals surface area contributed by atoms with Crippen LogP contribution in [0.25, 0.3) is 0 Å². The normalized spacial score (nSPS) is 11.8. The van der Waals surface area contributed by atoms with Crippen LogP contribution in [0.15, 0.2) is 30.3 Å². The van der Waals surface area contributed by atoms with Crippen molar-refractivity contribution in [3.05, 3.63) is 35.9 Å². The molecule has 0 bridgehead atoms. The van der Waals surface area contributed by atoms with Gasteiger partial charge < -0.3 is 10.4 Å². The van der Waals surface area contributed by atoms with E-state index in [2.05, 4.69) is 17.4 Å². The molecule has 0 aliphatic carbocycles. The highest BCUT2D eigenvalue weighted by atomic mass is 35.5. The largest absolute Gasteiger partial charge is 0.392 e. The average molecular weight is 202 g/mol. The van der Waals surface area contributed by atoms with E-state index in [1.165, 1.54) is 5.56 Å². The van der Waals surface area contributed by atoms with E-state index in [0.29, 0.717) is 6.54 Å². The summed E-state index contributed by atoms with van der Waals surface area (Å²) >= 11 is 0. The molecule has 0 fully saturated rings. The molecular weight excluding hydrogens is 186 g/mol. The molecule has 3 heteroatoms. The molecule has 1 unspecified atom stereocenters. The third kappa shape index (κ3) is 5.64. The topological polar surface area (TPSA) is 32.3 Å². The van der Waals surface area contributed by atoms with E-state index < -0.39 is 0 Å². The summed E-state index contributed by atoms with van der Waals surface area (Å²) in [4.78, 5) is 0. The first-order valence-corrected chi connectivity index (χ1v) is 4.22. The van der Waals surface area contributed by atoms with Gasteiger partial charge in [-0.2, -0.15) is 0 Å². The maximum Gasteiger partial charge on any atom is 0.0636 e. The number of aliphatic hydroxyl groups excluding tert-OH is 1. The number of hydrogen-bond acceptors (Lipinski definition) is 2. The Morgan fingerprint density at radius 3 is 2.46 bits per heavy atom. The second-order valence-electron chi connectivity index (χ2n) is 2.97.